The van der Waals surface area contributed by atoms with Gasteiger partial charge in [-0.15, -0.1) is 0 Å². The fourth-order valence-corrected chi connectivity index (χ4v) is 2.23. The van der Waals surface area contributed by atoms with Crippen molar-refractivity contribution in [1.29, 1.82) is 0 Å². The molecule has 0 spiro atoms. The van der Waals surface area contributed by atoms with Gasteiger partial charge in [0.1, 0.15) is 11.6 Å². The summed E-state index contributed by atoms with van der Waals surface area (Å²) in [5, 5.41) is 9.48. The predicted molar refractivity (Wildman–Crippen MR) is 75.1 cm³/mol. The summed E-state index contributed by atoms with van der Waals surface area (Å²) in [4.78, 5) is 2.01. The van der Waals surface area contributed by atoms with Crippen molar-refractivity contribution in [2.75, 3.05) is 14.1 Å². The molecule has 0 heterocycles. The van der Waals surface area contributed by atoms with Crippen LogP contribution in [0, 0.1) is 11.6 Å². The molecular weight excluding hydrogens is 260 g/mol. The van der Waals surface area contributed by atoms with Crippen molar-refractivity contribution in [2.45, 2.75) is 13.2 Å². The van der Waals surface area contributed by atoms with Crippen molar-refractivity contribution < 1.29 is 13.9 Å². The molecule has 0 saturated carbocycles. The molecule has 0 radical (unpaired) electrons. The van der Waals surface area contributed by atoms with Crippen LogP contribution >= 0.6 is 0 Å². The Morgan fingerprint density at radius 2 is 1.65 bits per heavy atom. The highest BCUT2D eigenvalue weighted by Gasteiger charge is 2.09. The number of halogens is 2. The zero-order valence-corrected chi connectivity index (χ0v) is 11.5. The predicted octanol–water partition coefficient (Wildman–Crippen LogP) is 3.19. The molecule has 2 rings (SSSR count). The molecule has 1 N–H and O–H groups in total. The van der Waals surface area contributed by atoms with Crippen LogP contribution in [0.25, 0.3) is 11.1 Å². The Kier molecular flexibility index (Phi) is 4.47. The van der Waals surface area contributed by atoms with Gasteiger partial charge in [-0.05, 0) is 48.5 Å². The van der Waals surface area contributed by atoms with E-state index >= 15 is 0 Å². The largest absolute Gasteiger partial charge is 0.392 e. The van der Waals surface area contributed by atoms with Crippen LogP contribution in [0.4, 0.5) is 8.78 Å². The van der Waals surface area contributed by atoms with Crippen LogP contribution < -0.4 is 0 Å². The van der Waals surface area contributed by atoms with Crippen molar-refractivity contribution in [3.63, 3.8) is 0 Å². The molecule has 4 heteroatoms. The maximum absolute atomic E-state index is 13.3. The molecule has 0 fully saturated rings. The summed E-state index contributed by atoms with van der Waals surface area (Å²) in [5.41, 5.74) is 2.78. The third kappa shape index (κ3) is 3.40. The van der Waals surface area contributed by atoms with Gasteiger partial charge in [0, 0.05) is 12.6 Å². The van der Waals surface area contributed by atoms with Crippen LogP contribution in [0.15, 0.2) is 36.4 Å². The lowest BCUT2D eigenvalue weighted by molar-refractivity contribution is 0.282. The van der Waals surface area contributed by atoms with Gasteiger partial charge in [0.2, 0.25) is 0 Å². The molecule has 0 aliphatic rings. The van der Waals surface area contributed by atoms with Crippen LogP contribution in [-0.2, 0) is 13.2 Å². The first-order chi connectivity index (χ1) is 9.49. The smallest absolute Gasteiger partial charge is 0.126 e. The second-order valence-corrected chi connectivity index (χ2v) is 5.05. The first-order valence-electron chi connectivity index (χ1n) is 6.33. The molecular formula is C16H17F2NO. The number of hydrogen-bond donors (Lipinski definition) is 1. The third-order valence-electron chi connectivity index (χ3n) is 3.01. The first-order valence-corrected chi connectivity index (χ1v) is 6.33. The van der Waals surface area contributed by atoms with Gasteiger partial charge in [-0.2, -0.15) is 0 Å². The second-order valence-electron chi connectivity index (χ2n) is 5.05. The number of aliphatic hydroxyl groups is 1. The van der Waals surface area contributed by atoms with E-state index in [-0.39, 0.29) is 6.61 Å². The monoisotopic (exact) mass is 277 g/mol. The summed E-state index contributed by atoms with van der Waals surface area (Å²) >= 11 is 0. The van der Waals surface area contributed by atoms with E-state index in [1.807, 2.05) is 31.1 Å². The maximum atomic E-state index is 13.3. The fourth-order valence-electron chi connectivity index (χ4n) is 2.23. The summed E-state index contributed by atoms with van der Waals surface area (Å²) < 4.78 is 26.6. The van der Waals surface area contributed by atoms with Gasteiger partial charge < -0.3 is 10.0 Å². The topological polar surface area (TPSA) is 23.5 Å². The van der Waals surface area contributed by atoms with Gasteiger partial charge in [0.05, 0.1) is 6.61 Å². The zero-order valence-electron chi connectivity index (χ0n) is 11.5. The molecule has 2 aromatic carbocycles. The number of benzene rings is 2. The fraction of sp³-hybridized carbons (Fsp3) is 0.250. The highest BCUT2D eigenvalue weighted by molar-refractivity contribution is 5.68. The van der Waals surface area contributed by atoms with Crippen molar-refractivity contribution >= 4 is 0 Å². The van der Waals surface area contributed by atoms with Crippen LogP contribution in [0.1, 0.15) is 11.1 Å². The molecule has 0 saturated heterocycles. The van der Waals surface area contributed by atoms with Gasteiger partial charge >= 0.3 is 0 Å². The molecule has 0 aliphatic carbocycles. The lowest BCUT2D eigenvalue weighted by Crippen LogP contribution is -2.11. The standard InChI is InChI=1S/C16H17F2NO/c1-19(2)9-11-3-4-16(13(5-11)10-20)12-6-14(17)8-15(18)7-12/h3-8,20H,9-10H2,1-2H3. The third-order valence-corrected chi connectivity index (χ3v) is 3.01. The van der Waals surface area contributed by atoms with E-state index < -0.39 is 11.6 Å². The quantitative estimate of drug-likeness (QED) is 0.927. The van der Waals surface area contributed by atoms with Crippen molar-refractivity contribution in [1.82, 2.24) is 4.90 Å². The molecule has 0 aromatic heterocycles. The van der Waals surface area contributed by atoms with Crippen molar-refractivity contribution in [2.24, 2.45) is 0 Å². The first kappa shape index (κ1) is 14.6. The number of hydrogen-bond acceptors (Lipinski definition) is 2. The Hall–Kier alpha value is -1.78. The van der Waals surface area contributed by atoms with Crippen molar-refractivity contribution in [3.05, 3.63) is 59.2 Å². The van der Waals surface area contributed by atoms with Gasteiger partial charge in [-0.3, -0.25) is 0 Å². The average Bonchev–Trinajstić information content (AvgIpc) is 2.36. The number of aliphatic hydroxyl groups excluding tert-OH is 1. The lowest BCUT2D eigenvalue weighted by atomic mass is 9.97. The average molecular weight is 277 g/mol. The van der Waals surface area contributed by atoms with Gasteiger partial charge in [0.25, 0.3) is 0 Å². The molecule has 0 atom stereocenters. The second kappa shape index (κ2) is 6.11. The molecule has 0 bridgehead atoms. The van der Waals surface area contributed by atoms with E-state index in [2.05, 4.69) is 0 Å². The molecule has 0 aliphatic heterocycles. The van der Waals surface area contributed by atoms with Crippen LogP contribution in [0.2, 0.25) is 0 Å². The van der Waals surface area contributed by atoms with Crippen LogP contribution in [-0.4, -0.2) is 24.1 Å². The molecule has 0 unspecified atom stereocenters. The molecule has 106 valence electrons. The van der Waals surface area contributed by atoms with Gasteiger partial charge in [0.15, 0.2) is 0 Å². The van der Waals surface area contributed by atoms with Crippen LogP contribution in [0.3, 0.4) is 0 Å². The Labute approximate surface area is 117 Å². The van der Waals surface area contributed by atoms with Crippen LogP contribution in [0.5, 0.6) is 0 Å². The van der Waals surface area contributed by atoms with Gasteiger partial charge in [-0.25, -0.2) is 8.78 Å². The SMILES string of the molecule is CN(C)Cc1ccc(-c2cc(F)cc(F)c2)c(CO)c1. The summed E-state index contributed by atoms with van der Waals surface area (Å²) in [6, 6.07) is 8.92. The van der Waals surface area contributed by atoms with E-state index in [1.54, 1.807) is 6.07 Å². The van der Waals surface area contributed by atoms with E-state index in [9.17, 15) is 13.9 Å². The Bertz CT molecular complexity index is 591. The minimum Gasteiger partial charge on any atom is -0.392 e. The summed E-state index contributed by atoms with van der Waals surface area (Å²) in [6.07, 6.45) is 0. The Balaban J connectivity index is 2.45. The highest BCUT2D eigenvalue weighted by Crippen LogP contribution is 2.27. The minimum absolute atomic E-state index is 0.172. The Morgan fingerprint density at radius 1 is 1.00 bits per heavy atom. The lowest BCUT2D eigenvalue weighted by Gasteiger charge is -2.14. The minimum atomic E-state index is -0.624. The summed E-state index contributed by atoms with van der Waals surface area (Å²) in [5.74, 6) is -1.25. The highest BCUT2D eigenvalue weighted by atomic mass is 19.1. The van der Waals surface area contributed by atoms with E-state index in [0.717, 1.165) is 18.2 Å². The van der Waals surface area contributed by atoms with E-state index in [1.165, 1.54) is 12.1 Å². The normalized spacial score (nSPS) is 11.1. The maximum Gasteiger partial charge on any atom is 0.126 e. The Morgan fingerprint density at radius 3 is 2.20 bits per heavy atom. The molecule has 0 amide bonds. The van der Waals surface area contributed by atoms with E-state index in [4.69, 9.17) is 0 Å². The number of nitrogens with zero attached hydrogens (tertiary/aromatic N) is 1. The molecule has 2 aromatic rings. The number of rotatable bonds is 4. The molecule has 2 nitrogen and oxygen atoms in total. The summed E-state index contributed by atoms with van der Waals surface area (Å²) in [7, 11) is 3.91. The zero-order chi connectivity index (χ0) is 14.7. The van der Waals surface area contributed by atoms with E-state index in [0.29, 0.717) is 16.7 Å². The van der Waals surface area contributed by atoms with Crippen molar-refractivity contribution in [3.8, 4) is 11.1 Å². The summed E-state index contributed by atoms with van der Waals surface area (Å²) in [6.45, 7) is 0.569. The van der Waals surface area contributed by atoms with Gasteiger partial charge in [-0.1, -0.05) is 18.2 Å². The molecule has 20 heavy (non-hydrogen) atoms.